The molecule has 0 aliphatic heterocycles. The van der Waals surface area contributed by atoms with E-state index in [1.165, 1.54) is 0 Å². The molecule has 3 heteroatoms. The summed E-state index contributed by atoms with van der Waals surface area (Å²) >= 11 is 6.04. The minimum absolute atomic E-state index is 0.0902. The standard InChI is InChI=1S/C11H16ClFO/c12-9-6-8-4-2-1-3-5-11(14,7-9)10(8)13/h9,14H,1-7H2. The van der Waals surface area contributed by atoms with Gasteiger partial charge in [-0.25, -0.2) is 4.39 Å². The van der Waals surface area contributed by atoms with Crippen LogP contribution in [0.1, 0.15) is 44.9 Å². The number of halogens is 2. The lowest BCUT2D eigenvalue weighted by atomic mass is 9.78. The first kappa shape index (κ1) is 10.4. The number of allylic oxidation sites excluding steroid dienone is 1. The Balaban J connectivity index is 2.32. The molecule has 2 aliphatic carbocycles. The third-order valence-corrected chi connectivity index (χ3v) is 3.62. The van der Waals surface area contributed by atoms with Crippen molar-refractivity contribution in [1.29, 1.82) is 0 Å². The number of rotatable bonds is 0. The summed E-state index contributed by atoms with van der Waals surface area (Å²) < 4.78 is 13.9. The molecule has 0 heterocycles. The topological polar surface area (TPSA) is 20.2 Å². The van der Waals surface area contributed by atoms with Crippen LogP contribution in [-0.2, 0) is 0 Å². The molecule has 0 saturated heterocycles. The molecule has 0 spiro atoms. The van der Waals surface area contributed by atoms with Crippen molar-refractivity contribution in [1.82, 2.24) is 0 Å². The average molecular weight is 219 g/mol. The second-order valence-corrected chi connectivity index (χ2v) is 5.13. The molecule has 0 aromatic heterocycles. The fourth-order valence-electron chi connectivity index (χ4n) is 2.57. The van der Waals surface area contributed by atoms with E-state index in [4.69, 9.17) is 11.6 Å². The van der Waals surface area contributed by atoms with E-state index in [9.17, 15) is 9.50 Å². The molecule has 1 N–H and O–H groups in total. The van der Waals surface area contributed by atoms with Gasteiger partial charge < -0.3 is 5.11 Å². The third kappa shape index (κ3) is 1.82. The summed E-state index contributed by atoms with van der Waals surface area (Å²) in [5.41, 5.74) is -0.473. The summed E-state index contributed by atoms with van der Waals surface area (Å²) in [6.07, 6.45) is 5.33. The van der Waals surface area contributed by atoms with Gasteiger partial charge in [-0.05, 0) is 37.7 Å². The molecule has 0 aromatic rings. The highest BCUT2D eigenvalue weighted by Crippen LogP contribution is 2.43. The minimum Gasteiger partial charge on any atom is -0.383 e. The zero-order chi connectivity index (χ0) is 10.2. The summed E-state index contributed by atoms with van der Waals surface area (Å²) in [5, 5.41) is 10.0. The van der Waals surface area contributed by atoms with Crippen LogP contribution in [0.15, 0.2) is 11.4 Å². The van der Waals surface area contributed by atoms with Crippen molar-refractivity contribution in [2.45, 2.75) is 55.9 Å². The van der Waals surface area contributed by atoms with Crippen molar-refractivity contribution in [3.8, 4) is 0 Å². The van der Waals surface area contributed by atoms with Gasteiger partial charge >= 0.3 is 0 Å². The van der Waals surface area contributed by atoms with E-state index in [1.807, 2.05) is 0 Å². The smallest absolute Gasteiger partial charge is 0.131 e. The number of alkyl halides is 1. The van der Waals surface area contributed by atoms with E-state index < -0.39 is 5.60 Å². The van der Waals surface area contributed by atoms with Crippen molar-refractivity contribution in [3.05, 3.63) is 11.4 Å². The van der Waals surface area contributed by atoms with Crippen LogP contribution < -0.4 is 0 Å². The van der Waals surface area contributed by atoms with E-state index in [1.54, 1.807) is 0 Å². The average Bonchev–Trinajstić information content (AvgIpc) is 2.12. The number of hydrogen-bond donors (Lipinski definition) is 1. The normalized spacial score (nSPS) is 39.2. The van der Waals surface area contributed by atoms with Crippen molar-refractivity contribution < 1.29 is 9.50 Å². The van der Waals surface area contributed by atoms with Gasteiger partial charge in [0.05, 0.1) is 0 Å². The Morgan fingerprint density at radius 3 is 2.93 bits per heavy atom. The molecule has 14 heavy (non-hydrogen) atoms. The molecule has 0 amide bonds. The Morgan fingerprint density at radius 1 is 1.36 bits per heavy atom. The Bertz CT molecular complexity index is 264. The lowest BCUT2D eigenvalue weighted by Gasteiger charge is -2.36. The summed E-state index contributed by atoms with van der Waals surface area (Å²) in [5.74, 6) is -0.269. The predicted octanol–water partition coefficient (Wildman–Crippen LogP) is 3.31. The van der Waals surface area contributed by atoms with Gasteiger partial charge in [0.15, 0.2) is 0 Å². The quantitative estimate of drug-likeness (QED) is 0.619. The molecule has 2 atom stereocenters. The second kappa shape index (κ2) is 3.82. The molecular formula is C11H16ClFO. The number of fused-ring (bicyclic) bond motifs is 1. The Kier molecular flexibility index (Phi) is 2.85. The van der Waals surface area contributed by atoms with Gasteiger partial charge in [0.25, 0.3) is 0 Å². The van der Waals surface area contributed by atoms with E-state index >= 15 is 0 Å². The monoisotopic (exact) mass is 218 g/mol. The maximum absolute atomic E-state index is 13.9. The summed E-state index contributed by atoms with van der Waals surface area (Å²) in [7, 11) is 0. The van der Waals surface area contributed by atoms with Crippen molar-refractivity contribution in [2.24, 2.45) is 0 Å². The predicted molar refractivity (Wildman–Crippen MR) is 55.0 cm³/mol. The zero-order valence-electron chi connectivity index (χ0n) is 8.23. The molecule has 1 nitrogen and oxygen atoms in total. The van der Waals surface area contributed by atoms with Gasteiger partial charge in [0.1, 0.15) is 11.4 Å². The zero-order valence-corrected chi connectivity index (χ0v) is 8.99. The molecule has 0 saturated carbocycles. The van der Waals surface area contributed by atoms with E-state index in [-0.39, 0.29) is 11.2 Å². The largest absolute Gasteiger partial charge is 0.383 e. The van der Waals surface area contributed by atoms with Crippen molar-refractivity contribution in [2.75, 3.05) is 0 Å². The van der Waals surface area contributed by atoms with E-state index in [0.29, 0.717) is 19.3 Å². The van der Waals surface area contributed by atoms with Gasteiger partial charge in [-0.3, -0.25) is 0 Å². The van der Waals surface area contributed by atoms with E-state index in [2.05, 4.69) is 0 Å². The van der Waals surface area contributed by atoms with Crippen LogP contribution in [0.2, 0.25) is 0 Å². The Morgan fingerprint density at radius 2 is 2.14 bits per heavy atom. The van der Waals surface area contributed by atoms with Gasteiger partial charge in [0, 0.05) is 5.38 Å². The molecule has 2 rings (SSSR count). The van der Waals surface area contributed by atoms with Gasteiger partial charge in [-0.15, -0.1) is 11.6 Å². The molecule has 0 aromatic carbocycles. The number of aliphatic hydroxyl groups is 1. The van der Waals surface area contributed by atoms with Crippen LogP contribution in [0.5, 0.6) is 0 Å². The Hall–Kier alpha value is -0.0800. The number of hydrogen-bond acceptors (Lipinski definition) is 1. The maximum Gasteiger partial charge on any atom is 0.131 e. The summed E-state index contributed by atoms with van der Waals surface area (Å²) in [4.78, 5) is 0. The second-order valence-electron chi connectivity index (χ2n) is 4.52. The van der Waals surface area contributed by atoms with E-state index in [0.717, 1.165) is 31.3 Å². The highest BCUT2D eigenvalue weighted by Gasteiger charge is 2.40. The van der Waals surface area contributed by atoms with Crippen LogP contribution in [0.4, 0.5) is 4.39 Å². The van der Waals surface area contributed by atoms with Crippen LogP contribution in [-0.4, -0.2) is 16.1 Å². The highest BCUT2D eigenvalue weighted by atomic mass is 35.5. The van der Waals surface area contributed by atoms with Crippen LogP contribution >= 0.6 is 11.6 Å². The fraction of sp³-hybridized carbons (Fsp3) is 0.818. The first-order valence-corrected chi connectivity index (χ1v) is 5.80. The SMILES string of the molecule is OC12CCCCCC(=C1F)CC(Cl)C2. The van der Waals surface area contributed by atoms with Crippen LogP contribution in [0, 0.1) is 0 Å². The lowest BCUT2D eigenvalue weighted by molar-refractivity contribution is 0.0237. The molecule has 0 radical (unpaired) electrons. The van der Waals surface area contributed by atoms with Crippen molar-refractivity contribution in [3.63, 3.8) is 0 Å². The van der Waals surface area contributed by atoms with Gasteiger partial charge in [-0.2, -0.15) is 0 Å². The van der Waals surface area contributed by atoms with Gasteiger partial charge in [0.2, 0.25) is 0 Å². The molecule has 2 unspecified atom stereocenters. The molecule has 80 valence electrons. The fourth-order valence-corrected chi connectivity index (χ4v) is 3.01. The first-order valence-electron chi connectivity index (χ1n) is 5.36. The maximum atomic E-state index is 13.9. The van der Waals surface area contributed by atoms with Crippen molar-refractivity contribution >= 4 is 11.6 Å². The van der Waals surface area contributed by atoms with Gasteiger partial charge in [-0.1, -0.05) is 12.8 Å². The summed E-state index contributed by atoms with van der Waals surface area (Å²) in [6.45, 7) is 0. The third-order valence-electron chi connectivity index (χ3n) is 3.31. The van der Waals surface area contributed by atoms with Crippen LogP contribution in [0.3, 0.4) is 0 Å². The summed E-state index contributed by atoms with van der Waals surface area (Å²) in [6, 6.07) is 0. The lowest BCUT2D eigenvalue weighted by Crippen LogP contribution is -2.38. The minimum atomic E-state index is -1.24. The molecule has 2 bridgehead atoms. The molecule has 0 fully saturated rings. The highest BCUT2D eigenvalue weighted by molar-refractivity contribution is 6.20. The molecule has 2 aliphatic rings. The molecular weight excluding hydrogens is 203 g/mol. The Labute approximate surface area is 89.0 Å². The first-order chi connectivity index (χ1) is 6.62. The van der Waals surface area contributed by atoms with Crippen LogP contribution in [0.25, 0.3) is 0 Å².